The fourth-order valence-corrected chi connectivity index (χ4v) is 1.51. The van der Waals surface area contributed by atoms with E-state index < -0.39 is 17.6 Å². The summed E-state index contributed by atoms with van der Waals surface area (Å²) >= 11 is 1.12. The molecule has 15 heavy (non-hydrogen) atoms. The predicted octanol–water partition coefficient (Wildman–Crippen LogP) is 2.53. The molecule has 6 heteroatoms. The highest BCUT2D eigenvalue weighted by atomic mass is 32.2. The first-order valence-corrected chi connectivity index (χ1v) is 5.13. The number of halogens is 3. The summed E-state index contributed by atoms with van der Waals surface area (Å²) in [5.74, 6) is -0.864. The maximum atomic E-state index is 12.4. The van der Waals surface area contributed by atoms with E-state index in [1.807, 2.05) is 0 Å². The summed E-state index contributed by atoms with van der Waals surface area (Å²) in [7, 11) is 0. The molecule has 1 aromatic carbocycles. The summed E-state index contributed by atoms with van der Waals surface area (Å²) < 4.78 is 37.2. The number of thioether (sulfide) groups is 1. The second-order valence-corrected chi connectivity index (χ2v) is 3.69. The van der Waals surface area contributed by atoms with Crippen LogP contribution in [0, 0.1) is 0 Å². The van der Waals surface area contributed by atoms with Crippen molar-refractivity contribution in [2.75, 3.05) is 6.26 Å². The molecule has 1 amide bonds. The zero-order valence-electron chi connectivity index (χ0n) is 7.76. The lowest BCUT2D eigenvalue weighted by Gasteiger charge is -2.09. The van der Waals surface area contributed by atoms with Gasteiger partial charge in [-0.05, 0) is 24.5 Å². The molecule has 0 spiro atoms. The summed E-state index contributed by atoms with van der Waals surface area (Å²) in [6.45, 7) is 0. The number of rotatable bonds is 2. The predicted molar refractivity (Wildman–Crippen MR) is 51.7 cm³/mol. The van der Waals surface area contributed by atoms with Gasteiger partial charge < -0.3 is 5.73 Å². The molecule has 0 fully saturated rings. The first-order chi connectivity index (χ1) is 6.84. The van der Waals surface area contributed by atoms with Crippen LogP contribution in [-0.2, 0) is 6.18 Å². The number of benzene rings is 1. The van der Waals surface area contributed by atoms with Crippen LogP contribution in [0.2, 0.25) is 0 Å². The van der Waals surface area contributed by atoms with E-state index in [1.54, 1.807) is 6.26 Å². The quantitative estimate of drug-likeness (QED) is 0.800. The maximum absolute atomic E-state index is 12.4. The van der Waals surface area contributed by atoms with Gasteiger partial charge in [0.05, 0.1) is 5.56 Å². The molecule has 0 saturated heterocycles. The maximum Gasteiger partial charge on any atom is 0.416 e. The number of carbonyl (C=O) groups excluding carboxylic acids is 1. The van der Waals surface area contributed by atoms with Crippen LogP contribution in [0.5, 0.6) is 0 Å². The number of hydrogen-bond donors (Lipinski definition) is 1. The summed E-state index contributed by atoms with van der Waals surface area (Å²) in [6.07, 6.45) is -2.84. The number of alkyl halides is 3. The molecule has 0 atom stereocenters. The van der Waals surface area contributed by atoms with Gasteiger partial charge in [0.1, 0.15) is 0 Å². The molecule has 2 N–H and O–H groups in total. The van der Waals surface area contributed by atoms with E-state index in [2.05, 4.69) is 0 Å². The molecule has 0 aliphatic carbocycles. The highest BCUT2D eigenvalue weighted by Gasteiger charge is 2.31. The molecule has 0 radical (unpaired) electrons. The second kappa shape index (κ2) is 4.14. The highest BCUT2D eigenvalue weighted by molar-refractivity contribution is 7.98. The smallest absolute Gasteiger partial charge is 0.366 e. The van der Waals surface area contributed by atoms with Crippen LogP contribution in [0.3, 0.4) is 0 Å². The largest absolute Gasteiger partial charge is 0.416 e. The Morgan fingerprint density at radius 2 is 1.93 bits per heavy atom. The first-order valence-electron chi connectivity index (χ1n) is 3.90. The fourth-order valence-electron chi connectivity index (χ4n) is 1.02. The lowest BCUT2D eigenvalue weighted by molar-refractivity contribution is -0.137. The first kappa shape index (κ1) is 11.9. The number of amides is 1. The van der Waals surface area contributed by atoms with Crippen molar-refractivity contribution >= 4 is 17.7 Å². The van der Waals surface area contributed by atoms with Crippen molar-refractivity contribution in [2.45, 2.75) is 11.1 Å². The lowest BCUT2D eigenvalue weighted by atomic mass is 10.1. The molecule has 0 aliphatic heterocycles. The van der Waals surface area contributed by atoms with Gasteiger partial charge in [-0.15, -0.1) is 11.8 Å². The van der Waals surface area contributed by atoms with Gasteiger partial charge in [0.15, 0.2) is 0 Å². The number of carbonyl (C=O) groups is 1. The van der Waals surface area contributed by atoms with Crippen LogP contribution >= 0.6 is 11.8 Å². The molecule has 82 valence electrons. The van der Waals surface area contributed by atoms with Gasteiger partial charge in [0.2, 0.25) is 5.91 Å². The molecule has 0 heterocycles. The number of hydrogen-bond acceptors (Lipinski definition) is 2. The molecule has 1 aromatic rings. The number of nitrogens with two attached hydrogens (primary N) is 1. The summed E-state index contributed by atoms with van der Waals surface area (Å²) in [5, 5.41) is 0. The van der Waals surface area contributed by atoms with Crippen LogP contribution < -0.4 is 5.73 Å². The Bertz CT molecular complexity index is 389. The van der Waals surface area contributed by atoms with Crippen molar-refractivity contribution in [1.82, 2.24) is 0 Å². The molecule has 0 aromatic heterocycles. The van der Waals surface area contributed by atoms with Crippen molar-refractivity contribution < 1.29 is 18.0 Å². The van der Waals surface area contributed by atoms with Crippen LogP contribution in [0.4, 0.5) is 13.2 Å². The van der Waals surface area contributed by atoms with Crippen molar-refractivity contribution in [2.24, 2.45) is 5.73 Å². The minimum Gasteiger partial charge on any atom is -0.366 e. The SMILES string of the molecule is CSc1cc(C(N)=O)cc(C(F)(F)F)c1. The Kier molecular flexibility index (Phi) is 3.28. The topological polar surface area (TPSA) is 43.1 Å². The molecule has 0 aliphatic rings. The molecule has 0 unspecified atom stereocenters. The third kappa shape index (κ3) is 2.89. The van der Waals surface area contributed by atoms with Crippen molar-refractivity contribution in [3.8, 4) is 0 Å². The minimum atomic E-state index is -4.46. The second-order valence-electron chi connectivity index (χ2n) is 2.81. The normalized spacial score (nSPS) is 11.5. The van der Waals surface area contributed by atoms with E-state index in [9.17, 15) is 18.0 Å². The van der Waals surface area contributed by atoms with Crippen LogP contribution in [0.25, 0.3) is 0 Å². The van der Waals surface area contributed by atoms with E-state index in [1.165, 1.54) is 6.07 Å². The zero-order chi connectivity index (χ0) is 11.6. The Morgan fingerprint density at radius 3 is 2.33 bits per heavy atom. The van der Waals surface area contributed by atoms with E-state index in [0.29, 0.717) is 4.90 Å². The Labute approximate surface area is 88.6 Å². The lowest BCUT2D eigenvalue weighted by Crippen LogP contribution is -2.13. The van der Waals surface area contributed by atoms with Crippen LogP contribution in [0.1, 0.15) is 15.9 Å². The molecule has 0 saturated carbocycles. The summed E-state index contributed by atoms with van der Waals surface area (Å²) in [6, 6.07) is 3.07. The highest BCUT2D eigenvalue weighted by Crippen LogP contribution is 2.32. The molecular weight excluding hydrogens is 227 g/mol. The monoisotopic (exact) mass is 235 g/mol. The average molecular weight is 235 g/mol. The third-order valence-electron chi connectivity index (χ3n) is 1.75. The molecular formula is C9H8F3NOS. The molecule has 2 nitrogen and oxygen atoms in total. The fraction of sp³-hybridized carbons (Fsp3) is 0.222. The Morgan fingerprint density at radius 1 is 1.33 bits per heavy atom. The van der Waals surface area contributed by atoms with Crippen molar-refractivity contribution in [3.05, 3.63) is 29.3 Å². The van der Waals surface area contributed by atoms with Crippen molar-refractivity contribution in [1.29, 1.82) is 0 Å². The van der Waals surface area contributed by atoms with Gasteiger partial charge >= 0.3 is 6.18 Å². The minimum absolute atomic E-state index is 0.130. The standard InChI is InChI=1S/C9H8F3NOS/c1-15-7-3-5(8(13)14)2-6(4-7)9(10,11)12/h2-4H,1H3,(H2,13,14). The van der Waals surface area contributed by atoms with Gasteiger partial charge in [-0.25, -0.2) is 0 Å². The number of primary amides is 1. The van der Waals surface area contributed by atoms with Gasteiger partial charge in [0.25, 0.3) is 0 Å². The zero-order valence-corrected chi connectivity index (χ0v) is 8.58. The van der Waals surface area contributed by atoms with Crippen LogP contribution in [-0.4, -0.2) is 12.2 Å². The molecule has 0 bridgehead atoms. The Balaban J connectivity index is 3.30. The van der Waals surface area contributed by atoms with Gasteiger partial charge in [-0.3, -0.25) is 4.79 Å². The van der Waals surface area contributed by atoms with E-state index in [0.717, 1.165) is 23.9 Å². The van der Waals surface area contributed by atoms with Gasteiger partial charge in [-0.1, -0.05) is 0 Å². The van der Waals surface area contributed by atoms with Crippen molar-refractivity contribution in [3.63, 3.8) is 0 Å². The average Bonchev–Trinajstić information content (AvgIpc) is 2.15. The van der Waals surface area contributed by atoms with Gasteiger partial charge in [0, 0.05) is 10.5 Å². The van der Waals surface area contributed by atoms with Gasteiger partial charge in [-0.2, -0.15) is 13.2 Å². The van der Waals surface area contributed by atoms with E-state index in [-0.39, 0.29) is 5.56 Å². The van der Waals surface area contributed by atoms with Crippen LogP contribution in [0.15, 0.2) is 23.1 Å². The summed E-state index contributed by atoms with van der Waals surface area (Å²) in [5.41, 5.74) is 3.95. The Hall–Kier alpha value is -1.17. The summed E-state index contributed by atoms with van der Waals surface area (Å²) in [4.78, 5) is 11.2. The van der Waals surface area contributed by atoms with E-state index in [4.69, 9.17) is 5.73 Å². The molecule has 1 rings (SSSR count). The third-order valence-corrected chi connectivity index (χ3v) is 2.46. The van der Waals surface area contributed by atoms with E-state index >= 15 is 0 Å².